The van der Waals surface area contributed by atoms with E-state index in [1.807, 2.05) is 29.2 Å². The Morgan fingerprint density at radius 3 is 2.33 bits per heavy atom. The lowest BCUT2D eigenvalue weighted by Crippen LogP contribution is -2.35. The summed E-state index contributed by atoms with van der Waals surface area (Å²) >= 11 is 0. The molecule has 5 heteroatoms. The summed E-state index contributed by atoms with van der Waals surface area (Å²) in [4.78, 5) is 14.3. The third kappa shape index (κ3) is 4.87. The van der Waals surface area contributed by atoms with Crippen LogP contribution in [0, 0.1) is 5.92 Å². The van der Waals surface area contributed by atoms with Crippen LogP contribution >= 0.6 is 0 Å². The van der Waals surface area contributed by atoms with Crippen LogP contribution in [-0.2, 0) is 4.74 Å². The Morgan fingerprint density at radius 2 is 1.75 bits per heavy atom. The van der Waals surface area contributed by atoms with Crippen molar-refractivity contribution in [3.63, 3.8) is 0 Å². The van der Waals surface area contributed by atoms with Gasteiger partial charge in [-0.3, -0.25) is 0 Å². The van der Waals surface area contributed by atoms with Crippen LogP contribution in [0.4, 0.5) is 16.2 Å². The Hall–Kier alpha value is -1.75. The summed E-state index contributed by atoms with van der Waals surface area (Å²) in [6, 6.07) is 8.40. The third-order valence-corrected chi connectivity index (χ3v) is 4.92. The molecule has 1 aliphatic carbocycles. The second-order valence-electron chi connectivity index (χ2n) is 6.95. The highest BCUT2D eigenvalue weighted by Gasteiger charge is 2.31. The minimum Gasteiger partial charge on any atom is -0.383 e. The number of hydrogen-bond donors (Lipinski definition) is 2. The summed E-state index contributed by atoms with van der Waals surface area (Å²) in [5, 5.41) is 6.56. The third-order valence-electron chi connectivity index (χ3n) is 4.92. The molecule has 0 unspecified atom stereocenters. The Morgan fingerprint density at radius 1 is 1.12 bits per heavy atom. The normalized spacial score (nSPS) is 19.5. The van der Waals surface area contributed by atoms with Crippen LogP contribution in [0.25, 0.3) is 0 Å². The van der Waals surface area contributed by atoms with Gasteiger partial charge in [0.25, 0.3) is 0 Å². The molecule has 132 valence electrons. The van der Waals surface area contributed by atoms with E-state index in [2.05, 4.69) is 10.6 Å². The fourth-order valence-electron chi connectivity index (χ4n) is 3.31. The molecule has 1 saturated carbocycles. The van der Waals surface area contributed by atoms with Gasteiger partial charge in [0.2, 0.25) is 0 Å². The van der Waals surface area contributed by atoms with Gasteiger partial charge in [-0.1, -0.05) is 12.8 Å². The average Bonchev–Trinajstić information content (AvgIpc) is 3.43. The number of nitrogens with zero attached hydrogens (tertiary/aromatic N) is 1. The molecule has 1 aromatic carbocycles. The number of urea groups is 1. The number of benzene rings is 1. The number of anilines is 2. The van der Waals surface area contributed by atoms with Crippen LogP contribution in [0.3, 0.4) is 0 Å². The molecule has 0 aromatic heterocycles. The molecule has 0 spiro atoms. The molecule has 24 heavy (non-hydrogen) atoms. The topological polar surface area (TPSA) is 53.6 Å². The fraction of sp³-hybridized carbons (Fsp3) is 0.632. The summed E-state index contributed by atoms with van der Waals surface area (Å²) in [6.07, 6.45) is 7.24. The molecule has 2 aliphatic rings. The van der Waals surface area contributed by atoms with E-state index < -0.39 is 0 Å². The number of amides is 2. The van der Waals surface area contributed by atoms with Gasteiger partial charge in [0, 0.05) is 31.6 Å². The molecule has 5 nitrogen and oxygen atoms in total. The monoisotopic (exact) mass is 331 g/mol. The fourth-order valence-corrected chi connectivity index (χ4v) is 3.31. The first kappa shape index (κ1) is 17.1. The first-order chi connectivity index (χ1) is 11.8. The number of nitrogens with one attached hydrogen (secondary N) is 2. The quantitative estimate of drug-likeness (QED) is 0.830. The van der Waals surface area contributed by atoms with E-state index >= 15 is 0 Å². The Labute approximate surface area is 144 Å². The number of ether oxygens (including phenoxy) is 1. The van der Waals surface area contributed by atoms with Gasteiger partial charge >= 0.3 is 6.03 Å². The lowest BCUT2D eigenvalue weighted by molar-refractivity contribution is 0.179. The highest BCUT2D eigenvalue weighted by Crippen LogP contribution is 2.34. The smallest absolute Gasteiger partial charge is 0.321 e. The van der Waals surface area contributed by atoms with Crippen LogP contribution in [0.2, 0.25) is 0 Å². The van der Waals surface area contributed by atoms with E-state index in [9.17, 15) is 4.79 Å². The van der Waals surface area contributed by atoms with Gasteiger partial charge in [-0.05, 0) is 55.9 Å². The predicted molar refractivity (Wildman–Crippen MR) is 97.5 cm³/mol. The zero-order valence-corrected chi connectivity index (χ0v) is 14.6. The Bertz CT molecular complexity index is 520. The van der Waals surface area contributed by atoms with Crippen LogP contribution in [0.5, 0.6) is 0 Å². The van der Waals surface area contributed by atoms with Crippen molar-refractivity contribution in [2.45, 2.75) is 44.6 Å². The van der Waals surface area contributed by atoms with E-state index in [1.54, 1.807) is 7.11 Å². The van der Waals surface area contributed by atoms with Gasteiger partial charge in [-0.15, -0.1) is 0 Å². The SMILES string of the molecule is COC[C@H](Nc1ccc(NC(=O)N2CCCCCC2)cc1)C1CC1. The van der Waals surface area contributed by atoms with Crippen molar-refractivity contribution >= 4 is 17.4 Å². The van der Waals surface area contributed by atoms with E-state index in [0.29, 0.717) is 6.04 Å². The van der Waals surface area contributed by atoms with E-state index in [0.717, 1.165) is 49.8 Å². The molecule has 1 heterocycles. The van der Waals surface area contributed by atoms with Crippen molar-refractivity contribution in [2.75, 3.05) is 37.4 Å². The largest absolute Gasteiger partial charge is 0.383 e. The molecule has 3 rings (SSSR count). The summed E-state index contributed by atoms with van der Waals surface area (Å²) in [7, 11) is 1.75. The maximum absolute atomic E-state index is 12.3. The molecule has 2 fully saturated rings. The molecular formula is C19H29N3O2. The first-order valence-corrected chi connectivity index (χ1v) is 9.18. The second kappa shape index (κ2) is 8.38. The lowest BCUT2D eigenvalue weighted by atomic mass is 10.2. The maximum atomic E-state index is 12.3. The van der Waals surface area contributed by atoms with Gasteiger partial charge in [-0.2, -0.15) is 0 Å². The zero-order chi connectivity index (χ0) is 16.8. The minimum atomic E-state index is 0.0212. The number of carbonyl (C=O) groups excluding carboxylic acids is 1. The number of likely N-dealkylation sites (tertiary alicyclic amines) is 1. The van der Waals surface area contributed by atoms with Crippen molar-refractivity contribution in [1.82, 2.24) is 4.90 Å². The molecule has 2 N–H and O–H groups in total. The highest BCUT2D eigenvalue weighted by atomic mass is 16.5. The molecule has 0 radical (unpaired) electrons. The van der Waals surface area contributed by atoms with Crippen LogP contribution in [0.15, 0.2) is 24.3 Å². The van der Waals surface area contributed by atoms with E-state index in [1.165, 1.54) is 25.7 Å². The Balaban J connectivity index is 1.52. The van der Waals surface area contributed by atoms with Crippen LogP contribution in [-0.4, -0.2) is 43.8 Å². The second-order valence-corrected chi connectivity index (χ2v) is 6.95. The molecule has 0 bridgehead atoms. The standard InChI is InChI=1S/C19H29N3O2/c1-24-14-18(15-6-7-15)20-16-8-10-17(11-9-16)21-19(23)22-12-4-2-3-5-13-22/h8-11,15,18,20H,2-7,12-14H2,1H3,(H,21,23)/t18-/m0/s1. The van der Waals surface area contributed by atoms with Gasteiger partial charge in [-0.25, -0.2) is 4.79 Å². The van der Waals surface area contributed by atoms with E-state index in [4.69, 9.17) is 4.74 Å². The van der Waals surface area contributed by atoms with Crippen LogP contribution < -0.4 is 10.6 Å². The summed E-state index contributed by atoms with van der Waals surface area (Å²) in [5.41, 5.74) is 1.93. The summed E-state index contributed by atoms with van der Waals surface area (Å²) in [6.45, 7) is 2.47. The summed E-state index contributed by atoms with van der Waals surface area (Å²) in [5.74, 6) is 0.729. The predicted octanol–water partition coefficient (Wildman–Crippen LogP) is 3.93. The molecular weight excluding hydrogens is 302 g/mol. The molecule has 1 atom stereocenters. The number of methoxy groups -OCH3 is 1. The van der Waals surface area contributed by atoms with E-state index in [-0.39, 0.29) is 6.03 Å². The molecule has 1 aromatic rings. The lowest BCUT2D eigenvalue weighted by Gasteiger charge is -2.21. The minimum absolute atomic E-state index is 0.0212. The molecule has 1 saturated heterocycles. The zero-order valence-electron chi connectivity index (χ0n) is 14.6. The van der Waals surface area contributed by atoms with Gasteiger partial charge in [0.1, 0.15) is 0 Å². The average molecular weight is 331 g/mol. The van der Waals surface area contributed by atoms with Crippen molar-refractivity contribution in [1.29, 1.82) is 0 Å². The Kier molecular flexibility index (Phi) is 5.96. The number of carbonyl (C=O) groups is 1. The maximum Gasteiger partial charge on any atom is 0.321 e. The first-order valence-electron chi connectivity index (χ1n) is 9.18. The van der Waals surface area contributed by atoms with Gasteiger partial charge in [0.05, 0.1) is 12.6 Å². The highest BCUT2D eigenvalue weighted by molar-refractivity contribution is 5.89. The molecule has 2 amide bonds. The van der Waals surface area contributed by atoms with Crippen molar-refractivity contribution in [3.05, 3.63) is 24.3 Å². The van der Waals surface area contributed by atoms with Gasteiger partial charge in [0.15, 0.2) is 0 Å². The number of hydrogen-bond acceptors (Lipinski definition) is 3. The van der Waals surface area contributed by atoms with Crippen molar-refractivity contribution in [2.24, 2.45) is 5.92 Å². The van der Waals surface area contributed by atoms with Crippen molar-refractivity contribution in [3.8, 4) is 0 Å². The summed E-state index contributed by atoms with van der Waals surface area (Å²) < 4.78 is 5.31. The van der Waals surface area contributed by atoms with Crippen LogP contribution in [0.1, 0.15) is 38.5 Å². The van der Waals surface area contributed by atoms with Crippen molar-refractivity contribution < 1.29 is 9.53 Å². The molecule has 1 aliphatic heterocycles. The number of rotatable bonds is 6. The van der Waals surface area contributed by atoms with Gasteiger partial charge < -0.3 is 20.3 Å².